The zero-order valence-electron chi connectivity index (χ0n) is 15.3. The molecule has 0 aliphatic rings. The standard InChI is InChI=1S/C24H20N2O2/c27-23(28)16-19-17-25-26(18-19)24(20-10-4-1-5-11-20,21-12-6-2-7-13-21)22-14-8-3-9-15-22/h1-15,17-18H,16H2,(H,27,28). The van der Waals surface area contributed by atoms with Crippen molar-refractivity contribution in [2.24, 2.45) is 0 Å². The maximum atomic E-state index is 11.2. The Hall–Kier alpha value is -3.66. The third kappa shape index (κ3) is 3.09. The van der Waals surface area contributed by atoms with Crippen molar-refractivity contribution < 1.29 is 9.90 Å². The van der Waals surface area contributed by atoms with Crippen LogP contribution in [-0.2, 0) is 16.8 Å². The Labute approximate surface area is 163 Å². The summed E-state index contributed by atoms with van der Waals surface area (Å²) in [5, 5.41) is 13.8. The molecule has 4 heteroatoms. The predicted octanol–water partition coefficient (Wildman–Crippen LogP) is 4.35. The van der Waals surface area contributed by atoms with Crippen LogP contribution in [0.5, 0.6) is 0 Å². The number of aromatic nitrogens is 2. The van der Waals surface area contributed by atoms with E-state index < -0.39 is 11.5 Å². The van der Waals surface area contributed by atoms with Gasteiger partial charge in [0, 0.05) is 11.8 Å². The summed E-state index contributed by atoms with van der Waals surface area (Å²) in [7, 11) is 0. The van der Waals surface area contributed by atoms with E-state index >= 15 is 0 Å². The van der Waals surface area contributed by atoms with Crippen molar-refractivity contribution in [2.45, 2.75) is 12.0 Å². The number of carboxylic acid groups (broad SMARTS) is 1. The van der Waals surface area contributed by atoms with Crippen LogP contribution in [0.2, 0.25) is 0 Å². The Bertz CT molecular complexity index is 961. The molecule has 4 aromatic rings. The maximum Gasteiger partial charge on any atom is 0.307 e. The third-order valence-electron chi connectivity index (χ3n) is 4.91. The lowest BCUT2D eigenvalue weighted by Crippen LogP contribution is -2.38. The quantitative estimate of drug-likeness (QED) is 0.515. The zero-order valence-corrected chi connectivity index (χ0v) is 15.3. The SMILES string of the molecule is O=C(O)Cc1cnn(C(c2ccccc2)(c2ccccc2)c2ccccc2)c1. The van der Waals surface area contributed by atoms with E-state index in [4.69, 9.17) is 0 Å². The van der Waals surface area contributed by atoms with E-state index in [2.05, 4.69) is 41.5 Å². The predicted molar refractivity (Wildman–Crippen MR) is 108 cm³/mol. The summed E-state index contributed by atoms with van der Waals surface area (Å²) in [6.45, 7) is 0. The highest BCUT2D eigenvalue weighted by Crippen LogP contribution is 2.40. The van der Waals surface area contributed by atoms with E-state index in [1.807, 2.05) is 65.5 Å². The highest BCUT2D eigenvalue weighted by Gasteiger charge is 2.39. The van der Waals surface area contributed by atoms with Gasteiger partial charge in [-0.25, -0.2) is 0 Å². The monoisotopic (exact) mass is 368 g/mol. The van der Waals surface area contributed by atoms with Crippen LogP contribution in [0.4, 0.5) is 0 Å². The van der Waals surface area contributed by atoms with Crippen LogP contribution >= 0.6 is 0 Å². The molecule has 1 aromatic heterocycles. The van der Waals surface area contributed by atoms with Gasteiger partial charge in [0.25, 0.3) is 0 Å². The summed E-state index contributed by atoms with van der Waals surface area (Å²) in [5.41, 5.74) is 3.12. The minimum atomic E-state index is -0.871. The molecular formula is C24H20N2O2. The van der Waals surface area contributed by atoms with Crippen molar-refractivity contribution in [1.82, 2.24) is 9.78 Å². The Morgan fingerprint density at radius 3 is 1.61 bits per heavy atom. The summed E-state index contributed by atoms with van der Waals surface area (Å²) in [4.78, 5) is 11.2. The Kier molecular flexibility index (Phi) is 4.77. The van der Waals surface area contributed by atoms with E-state index in [1.165, 1.54) is 0 Å². The molecule has 3 aromatic carbocycles. The maximum absolute atomic E-state index is 11.2. The van der Waals surface area contributed by atoms with Gasteiger partial charge in [-0.15, -0.1) is 0 Å². The van der Waals surface area contributed by atoms with Crippen LogP contribution in [0.1, 0.15) is 22.3 Å². The van der Waals surface area contributed by atoms with Crippen LogP contribution < -0.4 is 0 Å². The fourth-order valence-corrected chi connectivity index (χ4v) is 3.74. The van der Waals surface area contributed by atoms with Crippen LogP contribution in [0.25, 0.3) is 0 Å². The van der Waals surface area contributed by atoms with Crippen LogP contribution in [0, 0.1) is 0 Å². The fraction of sp³-hybridized carbons (Fsp3) is 0.0833. The van der Waals surface area contributed by atoms with Gasteiger partial charge in [-0.3, -0.25) is 9.48 Å². The molecular weight excluding hydrogens is 348 g/mol. The smallest absolute Gasteiger partial charge is 0.307 e. The zero-order chi connectivity index (χ0) is 19.4. The molecule has 0 saturated carbocycles. The first-order valence-corrected chi connectivity index (χ1v) is 9.13. The highest BCUT2D eigenvalue weighted by atomic mass is 16.4. The molecule has 0 fully saturated rings. The number of aliphatic carboxylic acids is 1. The number of carbonyl (C=O) groups is 1. The van der Waals surface area contributed by atoms with Crippen molar-refractivity contribution in [1.29, 1.82) is 0 Å². The van der Waals surface area contributed by atoms with Crippen molar-refractivity contribution in [3.8, 4) is 0 Å². The fourth-order valence-electron chi connectivity index (χ4n) is 3.74. The van der Waals surface area contributed by atoms with E-state index in [9.17, 15) is 9.90 Å². The molecule has 0 aliphatic carbocycles. The lowest BCUT2D eigenvalue weighted by molar-refractivity contribution is -0.136. The minimum Gasteiger partial charge on any atom is -0.481 e. The number of nitrogens with zero attached hydrogens (tertiary/aromatic N) is 2. The normalized spacial score (nSPS) is 11.3. The number of benzene rings is 3. The van der Waals surface area contributed by atoms with Crippen molar-refractivity contribution in [3.05, 3.63) is 126 Å². The molecule has 28 heavy (non-hydrogen) atoms. The Morgan fingerprint density at radius 1 is 0.786 bits per heavy atom. The molecule has 0 radical (unpaired) electrons. The Morgan fingerprint density at radius 2 is 1.21 bits per heavy atom. The summed E-state index contributed by atoms with van der Waals surface area (Å²) >= 11 is 0. The van der Waals surface area contributed by atoms with Crippen LogP contribution in [-0.4, -0.2) is 20.9 Å². The second-order valence-corrected chi connectivity index (χ2v) is 6.67. The lowest BCUT2D eigenvalue weighted by Gasteiger charge is -2.36. The first kappa shape index (κ1) is 17.7. The van der Waals surface area contributed by atoms with Gasteiger partial charge in [0.1, 0.15) is 5.54 Å². The molecule has 0 spiro atoms. The summed E-state index contributed by atoms with van der Waals surface area (Å²) < 4.78 is 1.88. The summed E-state index contributed by atoms with van der Waals surface area (Å²) in [5.74, 6) is -0.871. The van der Waals surface area contributed by atoms with Crippen molar-refractivity contribution >= 4 is 5.97 Å². The van der Waals surface area contributed by atoms with Crippen molar-refractivity contribution in [3.63, 3.8) is 0 Å². The number of hydrogen-bond donors (Lipinski definition) is 1. The van der Waals surface area contributed by atoms with E-state index in [0.717, 1.165) is 16.7 Å². The van der Waals surface area contributed by atoms with Gasteiger partial charge in [0.2, 0.25) is 0 Å². The highest BCUT2D eigenvalue weighted by molar-refractivity contribution is 5.70. The molecule has 1 heterocycles. The molecule has 0 unspecified atom stereocenters. The lowest BCUT2D eigenvalue weighted by atomic mass is 9.77. The molecule has 4 nitrogen and oxygen atoms in total. The average molecular weight is 368 g/mol. The second-order valence-electron chi connectivity index (χ2n) is 6.67. The molecule has 0 bridgehead atoms. The second kappa shape index (κ2) is 7.53. The number of rotatable bonds is 6. The van der Waals surface area contributed by atoms with Gasteiger partial charge in [-0.2, -0.15) is 5.10 Å². The van der Waals surface area contributed by atoms with Gasteiger partial charge in [0.15, 0.2) is 0 Å². The molecule has 138 valence electrons. The minimum absolute atomic E-state index is 0.0611. The first-order valence-electron chi connectivity index (χ1n) is 9.13. The molecule has 0 amide bonds. The van der Waals surface area contributed by atoms with Crippen molar-refractivity contribution in [2.75, 3.05) is 0 Å². The molecule has 1 N–H and O–H groups in total. The van der Waals surface area contributed by atoms with Crippen LogP contribution in [0.15, 0.2) is 103 Å². The Balaban J connectivity index is 2.04. The third-order valence-corrected chi connectivity index (χ3v) is 4.91. The van der Waals surface area contributed by atoms with Gasteiger partial charge in [0.05, 0.1) is 12.6 Å². The summed E-state index contributed by atoms with van der Waals surface area (Å²) in [6.07, 6.45) is 3.41. The largest absolute Gasteiger partial charge is 0.481 e. The molecule has 0 aliphatic heterocycles. The topological polar surface area (TPSA) is 55.1 Å². The average Bonchev–Trinajstić information content (AvgIpc) is 3.19. The molecule has 0 atom stereocenters. The number of hydrogen-bond acceptors (Lipinski definition) is 2. The van der Waals surface area contributed by atoms with Gasteiger partial charge in [-0.05, 0) is 16.7 Å². The van der Waals surface area contributed by atoms with Crippen LogP contribution in [0.3, 0.4) is 0 Å². The van der Waals surface area contributed by atoms with E-state index in [0.29, 0.717) is 5.56 Å². The van der Waals surface area contributed by atoms with E-state index in [1.54, 1.807) is 6.20 Å². The summed E-state index contributed by atoms with van der Waals surface area (Å²) in [6, 6.07) is 30.5. The van der Waals surface area contributed by atoms with E-state index in [-0.39, 0.29) is 6.42 Å². The number of carboxylic acids is 1. The van der Waals surface area contributed by atoms with Gasteiger partial charge >= 0.3 is 5.97 Å². The van der Waals surface area contributed by atoms with Gasteiger partial charge in [-0.1, -0.05) is 91.0 Å². The van der Waals surface area contributed by atoms with Gasteiger partial charge < -0.3 is 5.11 Å². The molecule has 4 rings (SSSR count). The molecule has 0 saturated heterocycles. The first-order chi connectivity index (χ1) is 13.7.